The minimum absolute atomic E-state index is 0.295. The molecule has 1 N–H and O–H groups in total. The van der Waals surface area contributed by atoms with Gasteiger partial charge in [0.1, 0.15) is 0 Å². The van der Waals surface area contributed by atoms with Crippen molar-refractivity contribution in [2.24, 2.45) is 0 Å². The first-order chi connectivity index (χ1) is 3.56. The summed E-state index contributed by atoms with van der Waals surface area (Å²) in [5.74, 6) is 0. The molecule has 1 unspecified atom stereocenters. The van der Waals surface area contributed by atoms with Crippen molar-refractivity contribution < 1.29 is 9.46 Å². The summed E-state index contributed by atoms with van der Waals surface area (Å²) >= 11 is 0. The average molecular weight is 134 g/mol. The highest BCUT2D eigenvalue weighted by atomic mass is 31.2. The predicted molar refractivity (Wildman–Crippen MR) is 35.4 cm³/mol. The molecule has 8 heavy (non-hydrogen) atoms. The summed E-state index contributed by atoms with van der Waals surface area (Å²) in [5, 5.41) is 0. The molecule has 0 fully saturated rings. The molecule has 3 heteroatoms. The van der Waals surface area contributed by atoms with E-state index in [2.05, 4.69) is 0 Å². The molecule has 2 nitrogen and oxygen atoms in total. The summed E-state index contributed by atoms with van der Waals surface area (Å²) in [6, 6.07) is 0. The van der Waals surface area contributed by atoms with Gasteiger partial charge < -0.3 is 4.89 Å². The maximum absolute atomic E-state index is 10.5. The predicted octanol–water partition coefficient (Wildman–Crippen LogP) is 1.46. The Morgan fingerprint density at radius 3 is 2.38 bits per heavy atom. The second-order valence-electron chi connectivity index (χ2n) is 1.80. The molecule has 0 aromatic rings. The molecule has 0 saturated heterocycles. The normalized spacial score (nSPS) is 18.9. The molecule has 0 saturated carbocycles. The van der Waals surface area contributed by atoms with Crippen LogP contribution < -0.4 is 0 Å². The van der Waals surface area contributed by atoms with Crippen LogP contribution in [0.15, 0.2) is 12.2 Å². The quantitative estimate of drug-likeness (QED) is 0.458. The van der Waals surface area contributed by atoms with Crippen LogP contribution in [0, 0.1) is 0 Å². The van der Waals surface area contributed by atoms with E-state index >= 15 is 0 Å². The summed E-state index contributed by atoms with van der Waals surface area (Å²) in [5.41, 5.74) is 0. The standard InChI is InChI=1S/C5H11O2P/c1-3-4-5-8(2,6)7/h3-4H,5H2,1-2H3,(H,6,7). The topological polar surface area (TPSA) is 37.3 Å². The lowest BCUT2D eigenvalue weighted by atomic mass is 10.6. The molecule has 0 aromatic carbocycles. The van der Waals surface area contributed by atoms with Gasteiger partial charge in [-0.2, -0.15) is 0 Å². The maximum Gasteiger partial charge on any atom is 0.201 e. The van der Waals surface area contributed by atoms with Gasteiger partial charge >= 0.3 is 0 Å². The molecule has 0 radical (unpaired) electrons. The van der Waals surface area contributed by atoms with Crippen LogP contribution in [0.5, 0.6) is 0 Å². The minimum atomic E-state index is -2.77. The van der Waals surface area contributed by atoms with Gasteiger partial charge in [0.25, 0.3) is 0 Å². The molecule has 0 aromatic heterocycles. The molecule has 0 spiro atoms. The lowest BCUT2D eigenvalue weighted by molar-refractivity contribution is 0.488. The van der Waals surface area contributed by atoms with Crippen molar-refractivity contribution in [2.75, 3.05) is 12.8 Å². The molecule has 0 amide bonds. The third-order valence-corrected chi connectivity index (χ3v) is 1.57. The second-order valence-corrected chi connectivity index (χ2v) is 4.27. The number of hydrogen-bond donors (Lipinski definition) is 1. The number of rotatable bonds is 2. The molecular weight excluding hydrogens is 123 g/mol. The third kappa shape index (κ3) is 5.93. The zero-order valence-corrected chi connectivity index (χ0v) is 6.06. The summed E-state index contributed by atoms with van der Waals surface area (Å²) in [6.07, 6.45) is 3.76. The van der Waals surface area contributed by atoms with E-state index in [-0.39, 0.29) is 0 Å². The highest BCUT2D eigenvalue weighted by Crippen LogP contribution is 2.34. The van der Waals surface area contributed by atoms with E-state index in [0.717, 1.165) is 0 Å². The zero-order valence-electron chi connectivity index (χ0n) is 5.16. The van der Waals surface area contributed by atoms with Crippen molar-refractivity contribution >= 4 is 7.37 Å². The van der Waals surface area contributed by atoms with Crippen LogP contribution in [0.2, 0.25) is 0 Å². The largest absolute Gasteiger partial charge is 0.344 e. The zero-order chi connectivity index (χ0) is 6.62. The van der Waals surface area contributed by atoms with Crippen LogP contribution in [0.4, 0.5) is 0 Å². The summed E-state index contributed by atoms with van der Waals surface area (Å²) in [6.45, 7) is 3.18. The van der Waals surface area contributed by atoms with Crippen LogP contribution >= 0.6 is 7.37 Å². The van der Waals surface area contributed by atoms with Gasteiger partial charge in [-0.3, -0.25) is 4.57 Å². The highest BCUT2D eigenvalue weighted by molar-refractivity contribution is 7.57. The highest BCUT2D eigenvalue weighted by Gasteiger charge is 2.03. The van der Waals surface area contributed by atoms with E-state index in [9.17, 15) is 4.57 Å². The smallest absolute Gasteiger partial charge is 0.201 e. The fourth-order valence-electron chi connectivity index (χ4n) is 0.301. The van der Waals surface area contributed by atoms with Gasteiger partial charge in [-0.1, -0.05) is 12.2 Å². The van der Waals surface area contributed by atoms with Crippen LogP contribution in [-0.2, 0) is 4.57 Å². The van der Waals surface area contributed by atoms with Crippen molar-refractivity contribution in [1.29, 1.82) is 0 Å². The maximum atomic E-state index is 10.5. The Hall–Kier alpha value is -0.0700. The van der Waals surface area contributed by atoms with Gasteiger partial charge in [-0.15, -0.1) is 0 Å². The van der Waals surface area contributed by atoms with Crippen molar-refractivity contribution in [3.8, 4) is 0 Å². The van der Waals surface area contributed by atoms with Gasteiger partial charge in [0, 0.05) is 12.8 Å². The van der Waals surface area contributed by atoms with E-state index < -0.39 is 7.37 Å². The van der Waals surface area contributed by atoms with Crippen molar-refractivity contribution in [2.45, 2.75) is 6.92 Å². The Kier molecular flexibility index (Phi) is 3.03. The van der Waals surface area contributed by atoms with E-state index in [1.165, 1.54) is 6.66 Å². The first-order valence-electron chi connectivity index (χ1n) is 2.46. The lowest BCUT2D eigenvalue weighted by Gasteiger charge is -1.96. The molecular formula is C5H11O2P. The first-order valence-corrected chi connectivity index (χ1v) is 4.76. The van der Waals surface area contributed by atoms with Crippen LogP contribution in [-0.4, -0.2) is 17.7 Å². The van der Waals surface area contributed by atoms with Crippen molar-refractivity contribution in [3.63, 3.8) is 0 Å². The molecule has 0 bridgehead atoms. The van der Waals surface area contributed by atoms with Crippen LogP contribution in [0.25, 0.3) is 0 Å². The fourth-order valence-corrected chi connectivity index (χ4v) is 0.903. The van der Waals surface area contributed by atoms with Gasteiger partial charge in [-0.25, -0.2) is 0 Å². The van der Waals surface area contributed by atoms with E-state index in [1.807, 2.05) is 6.92 Å². The number of allylic oxidation sites excluding steroid dienone is 2. The third-order valence-electron chi connectivity index (χ3n) is 0.680. The molecule has 0 rings (SSSR count). The van der Waals surface area contributed by atoms with Gasteiger partial charge in [-0.05, 0) is 6.92 Å². The SMILES string of the molecule is CC=CCP(C)(=O)O. The van der Waals surface area contributed by atoms with Crippen molar-refractivity contribution in [3.05, 3.63) is 12.2 Å². The lowest BCUT2D eigenvalue weighted by Crippen LogP contribution is -1.78. The number of hydrogen-bond acceptors (Lipinski definition) is 1. The molecule has 0 aliphatic heterocycles. The Balaban J connectivity index is 3.57. The summed E-state index contributed by atoms with van der Waals surface area (Å²) < 4.78 is 10.5. The van der Waals surface area contributed by atoms with Gasteiger partial charge in [0.05, 0.1) is 0 Å². The minimum Gasteiger partial charge on any atom is -0.344 e. The molecule has 0 aliphatic rings. The van der Waals surface area contributed by atoms with Crippen LogP contribution in [0.3, 0.4) is 0 Å². The molecule has 0 heterocycles. The Labute approximate surface area is 49.7 Å². The summed E-state index contributed by atoms with van der Waals surface area (Å²) in [4.78, 5) is 8.65. The first kappa shape index (κ1) is 7.93. The molecule has 0 aliphatic carbocycles. The Morgan fingerprint density at radius 2 is 2.25 bits per heavy atom. The van der Waals surface area contributed by atoms with E-state index in [1.54, 1.807) is 12.2 Å². The van der Waals surface area contributed by atoms with Gasteiger partial charge in [0.15, 0.2) is 0 Å². The molecule has 48 valence electrons. The Morgan fingerprint density at radius 1 is 1.75 bits per heavy atom. The van der Waals surface area contributed by atoms with Gasteiger partial charge in [0.2, 0.25) is 7.37 Å². The fraction of sp³-hybridized carbons (Fsp3) is 0.600. The molecule has 1 atom stereocenters. The monoisotopic (exact) mass is 134 g/mol. The summed E-state index contributed by atoms with van der Waals surface area (Å²) in [7, 11) is -2.77. The second kappa shape index (κ2) is 3.06. The van der Waals surface area contributed by atoms with E-state index in [4.69, 9.17) is 4.89 Å². The average Bonchev–Trinajstić information content (AvgIpc) is 1.59. The Bertz CT molecular complexity index is 122. The van der Waals surface area contributed by atoms with Crippen molar-refractivity contribution in [1.82, 2.24) is 0 Å². The van der Waals surface area contributed by atoms with Crippen LogP contribution in [0.1, 0.15) is 6.92 Å². The van der Waals surface area contributed by atoms with E-state index in [0.29, 0.717) is 6.16 Å².